The van der Waals surface area contributed by atoms with Gasteiger partial charge in [0.2, 0.25) is 0 Å². The Bertz CT molecular complexity index is 1630. The number of pyridine rings is 1. The second kappa shape index (κ2) is 9.46. The Morgan fingerprint density at radius 3 is 2.70 bits per heavy atom. The van der Waals surface area contributed by atoms with Gasteiger partial charge in [0.15, 0.2) is 5.82 Å². The molecule has 11 heteroatoms. The molecule has 2 atom stereocenters. The van der Waals surface area contributed by atoms with E-state index in [1.165, 1.54) is 17.7 Å². The number of aromatic nitrogens is 4. The minimum Gasteiger partial charge on any atom is -0.494 e. The summed E-state index contributed by atoms with van der Waals surface area (Å²) < 4.78 is 24.2. The number of ether oxygens (including phenoxy) is 1. The van der Waals surface area contributed by atoms with Crippen molar-refractivity contribution in [3.63, 3.8) is 0 Å². The predicted octanol–water partition coefficient (Wildman–Crippen LogP) is 3.45. The molecule has 3 fully saturated rings. The fourth-order valence-corrected chi connectivity index (χ4v) is 6.89. The molecule has 1 saturated carbocycles. The number of halogens is 1. The van der Waals surface area contributed by atoms with Crippen molar-refractivity contribution in [1.82, 2.24) is 24.0 Å². The number of rotatable bonds is 6. The number of benzene rings is 1. The van der Waals surface area contributed by atoms with E-state index in [4.69, 9.17) is 20.4 Å². The van der Waals surface area contributed by atoms with Crippen LogP contribution in [0.5, 0.6) is 5.75 Å². The number of methoxy groups -OCH3 is 1. The quantitative estimate of drug-likeness (QED) is 0.369. The minimum atomic E-state index is -1.13. The average molecular weight is 565 g/mol. The molecule has 0 spiro atoms. The summed E-state index contributed by atoms with van der Waals surface area (Å²) in [6, 6.07) is 9.14. The maximum Gasteiger partial charge on any atom is 0.254 e. The van der Waals surface area contributed by atoms with Crippen LogP contribution in [-0.2, 0) is 19.2 Å². The maximum absolute atomic E-state index is 14.2. The van der Waals surface area contributed by atoms with Gasteiger partial charge in [-0.1, -0.05) is 0 Å². The molecule has 0 bridgehead atoms. The SMILES string of the molecule is COc1cc(C(=O)N2C[C@H](N)C[C@@H](F)C2)cc2nc(-c3cc4ccc(C5(O)CSC5)nc4n3CC3CC3)n(C)c12. The maximum atomic E-state index is 14.2. The van der Waals surface area contributed by atoms with E-state index < -0.39 is 11.8 Å². The summed E-state index contributed by atoms with van der Waals surface area (Å²) >= 11 is 1.72. The van der Waals surface area contributed by atoms with E-state index in [9.17, 15) is 14.3 Å². The predicted molar refractivity (Wildman–Crippen MR) is 153 cm³/mol. The van der Waals surface area contributed by atoms with E-state index in [0.29, 0.717) is 46.5 Å². The zero-order valence-electron chi connectivity index (χ0n) is 22.6. The first-order valence-corrected chi connectivity index (χ1v) is 14.9. The highest BCUT2D eigenvalue weighted by Crippen LogP contribution is 2.40. The van der Waals surface area contributed by atoms with E-state index >= 15 is 0 Å². The largest absolute Gasteiger partial charge is 0.494 e. The molecule has 1 amide bonds. The molecule has 3 aliphatic rings. The third kappa shape index (κ3) is 4.26. The second-order valence-corrected chi connectivity index (χ2v) is 12.5. The van der Waals surface area contributed by atoms with Gasteiger partial charge in [-0.15, -0.1) is 0 Å². The molecule has 210 valence electrons. The number of alkyl halides is 1. The van der Waals surface area contributed by atoms with E-state index in [-0.39, 0.29) is 24.9 Å². The Balaban J connectivity index is 1.34. The molecule has 0 unspecified atom stereocenters. The smallest absolute Gasteiger partial charge is 0.254 e. The summed E-state index contributed by atoms with van der Waals surface area (Å²) in [6.45, 7) is 1.17. The summed E-state index contributed by atoms with van der Waals surface area (Å²) in [5.41, 5.74) is 9.40. The molecule has 0 radical (unpaired) electrons. The standard InChI is InChI=1S/C29H33FN6O3S/c1-34-25-21(7-18(9-23(25)39-2)28(37)35-12-19(30)10-20(31)13-35)32-27(34)22-8-17-5-6-24(29(38)14-40-15-29)33-26(17)36(22)11-16-3-4-16/h5-9,16,19-20,38H,3-4,10-15,31H2,1-2H3/t19-,20-/m1/s1. The number of imidazole rings is 1. The molecule has 1 aromatic carbocycles. The van der Waals surface area contributed by atoms with Crippen LogP contribution in [-0.4, -0.2) is 78.9 Å². The first-order chi connectivity index (χ1) is 19.2. The molecule has 2 aliphatic heterocycles. The van der Waals surface area contributed by atoms with E-state index in [1.807, 2.05) is 23.7 Å². The van der Waals surface area contributed by atoms with Crippen LogP contribution in [0.15, 0.2) is 30.3 Å². The minimum absolute atomic E-state index is 0.0322. The highest BCUT2D eigenvalue weighted by molar-refractivity contribution is 8.00. The Kier molecular flexibility index (Phi) is 6.10. The van der Waals surface area contributed by atoms with Crippen LogP contribution in [0.4, 0.5) is 4.39 Å². The summed E-state index contributed by atoms with van der Waals surface area (Å²) in [4.78, 5) is 24.8. The number of nitrogens with two attached hydrogens (primary N) is 1. The number of likely N-dealkylation sites (tertiary alicyclic amines) is 1. The monoisotopic (exact) mass is 564 g/mol. The van der Waals surface area contributed by atoms with Gasteiger partial charge in [0.1, 0.15) is 28.7 Å². The second-order valence-electron chi connectivity index (χ2n) is 11.6. The van der Waals surface area contributed by atoms with Gasteiger partial charge < -0.3 is 29.6 Å². The van der Waals surface area contributed by atoms with Crippen LogP contribution < -0.4 is 10.5 Å². The third-order valence-corrected chi connectivity index (χ3v) is 9.75. The molecule has 3 N–H and O–H groups in total. The van der Waals surface area contributed by atoms with Gasteiger partial charge in [0.05, 0.1) is 30.6 Å². The fraction of sp³-hybridized carbons (Fsp3) is 0.483. The molecular formula is C29H33FN6O3S. The molecule has 7 rings (SSSR count). The number of aryl methyl sites for hydroxylation is 1. The first-order valence-electron chi connectivity index (χ1n) is 13.8. The molecule has 5 heterocycles. The zero-order valence-corrected chi connectivity index (χ0v) is 23.5. The van der Waals surface area contributed by atoms with Gasteiger partial charge in [-0.2, -0.15) is 11.8 Å². The van der Waals surface area contributed by atoms with Crippen molar-refractivity contribution in [3.8, 4) is 17.3 Å². The van der Waals surface area contributed by atoms with E-state index in [1.54, 1.807) is 31.0 Å². The van der Waals surface area contributed by atoms with Crippen molar-refractivity contribution in [2.45, 2.75) is 43.6 Å². The Hall–Kier alpha value is -3.15. The lowest BCUT2D eigenvalue weighted by atomic mass is 10.0. The molecular weight excluding hydrogens is 531 g/mol. The summed E-state index contributed by atoms with van der Waals surface area (Å²) in [6.07, 6.45) is 1.49. The van der Waals surface area contributed by atoms with E-state index in [0.717, 1.165) is 34.6 Å². The van der Waals surface area contributed by atoms with Gasteiger partial charge in [0, 0.05) is 48.6 Å². The summed E-state index contributed by atoms with van der Waals surface area (Å²) in [5.74, 6) is 2.88. The van der Waals surface area contributed by atoms with Crippen LogP contribution >= 0.6 is 11.8 Å². The van der Waals surface area contributed by atoms with Crippen molar-refractivity contribution in [2.75, 3.05) is 31.7 Å². The highest BCUT2D eigenvalue weighted by Gasteiger charge is 2.39. The summed E-state index contributed by atoms with van der Waals surface area (Å²) in [7, 11) is 3.52. The molecule has 1 aliphatic carbocycles. The fourth-order valence-electron chi connectivity index (χ4n) is 6.00. The van der Waals surface area contributed by atoms with Gasteiger partial charge in [-0.05, 0) is 55.5 Å². The first kappa shape index (κ1) is 25.8. The number of hydrogen-bond acceptors (Lipinski definition) is 7. The van der Waals surface area contributed by atoms with Crippen molar-refractivity contribution in [3.05, 3.63) is 41.6 Å². The number of carbonyl (C=O) groups excluding carboxylic acids is 1. The topological polar surface area (TPSA) is 111 Å². The number of nitrogens with zero attached hydrogens (tertiary/aromatic N) is 5. The molecule has 2 saturated heterocycles. The number of carbonyl (C=O) groups is 1. The molecule has 9 nitrogen and oxygen atoms in total. The number of hydrogen-bond donors (Lipinski definition) is 2. The highest BCUT2D eigenvalue weighted by atomic mass is 32.2. The van der Waals surface area contributed by atoms with Gasteiger partial charge >= 0.3 is 0 Å². The zero-order chi connectivity index (χ0) is 27.8. The van der Waals surface area contributed by atoms with Gasteiger partial charge in [0.25, 0.3) is 5.91 Å². The number of fused-ring (bicyclic) bond motifs is 2. The van der Waals surface area contributed by atoms with Crippen LogP contribution in [0.3, 0.4) is 0 Å². The van der Waals surface area contributed by atoms with Crippen LogP contribution in [0, 0.1) is 5.92 Å². The third-order valence-electron chi connectivity index (χ3n) is 8.39. The van der Waals surface area contributed by atoms with Crippen LogP contribution in [0.1, 0.15) is 35.3 Å². The summed E-state index contributed by atoms with van der Waals surface area (Å²) in [5, 5.41) is 12.0. The Morgan fingerprint density at radius 1 is 1.23 bits per heavy atom. The normalized spacial score (nSPS) is 22.6. The van der Waals surface area contributed by atoms with Crippen molar-refractivity contribution >= 4 is 39.7 Å². The Labute approximate surface area is 235 Å². The number of amides is 1. The lowest BCUT2D eigenvalue weighted by Gasteiger charge is -2.35. The van der Waals surface area contributed by atoms with Crippen molar-refractivity contribution < 1.29 is 19.0 Å². The lowest BCUT2D eigenvalue weighted by molar-refractivity contribution is 0.0606. The van der Waals surface area contributed by atoms with E-state index in [2.05, 4.69) is 10.6 Å². The number of piperidine rings is 1. The van der Waals surface area contributed by atoms with Crippen molar-refractivity contribution in [1.29, 1.82) is 0 Å². The molecule has 3 aromatic heterocycles. The molecule has 40 heavy (non-hydrogen) atoms. The van der Waals surface area contributed by atoms with Crippen LogP contribution in [0.25, 0.3) is 33.6 Å². The van der Waals surface area contributed by atoms with Crippen molar-refractivity contribution in [2.24, 2.45) is 18.7 Å². The number of aliphatic hydroxyl groups is 1. The average Bonchev–Trinajstić information content (AvgIpc) is 3.59. The van der Waals surface area contributed by atoms with Gasteiger partial charge in [-0.25, -0.2) is 14.4 Å². The molecule has 4 aromatic rings. The lowest BCUT2D eigenvalue weighted by Crippen LogP contribution is -2.50. The van der Waals surface area contributed by atoms with Gasteiger partial charge in [-0.3, -0.25) is 4.79 Å². The Morgan fingerprint density at radius 2 is 2.02 bits per heavy atom. The number of thioether (sulfide) groups is 1. The van der Waals surface area contributed by atoms with Crippen LogP contribution in [0.2, 0.25) is 0 Å².